The van der Waals surface area contributed by atoms with Crippen molar-refractivity contribution in [1.82, 2.24) is 10.2 Å². The van der Waals surface area contributed by atoms with Crippen LogP contribution in [0.25, 0.3) is 0 Å². The molecular formula is C14H19ClN2O. The van der Waals surface area contributed by atoms with E-state index in [9.17, 15) is 4.79 Å². The first-order valence-corrected chi connectivity index (χ1v) is 6.66. The highest BCUT2D eigenvalue weighted by molar-refractivity contribution is 6.31. The van der Waals surface area contributed by atoms with Gasteiger partial charge in [-0.1, -0.05) is 23.7 Å². The molecule has 0 atom stereocenters. The van der Waals surface area contributed by atoms with Crippen LogP contribution in [0.15, 0.2) is 24.3 Å². The van der Waals surface area contributed by atoms with E-state index in [1.807, 2.05) is 26.0 Å². The molecule has 1 N–H and O–H groups in total. The van der Waals surface area contributed by atoms with Crippen molar-refractivity contribution in [2.75, 3.05) is 26.2 Å². The van der Waals surface area contributed by atoms with Crippen molar-refractivity contribution in [1.29, 1.82) is 0 Å². The highest BCUT2D eigenvalue weighted by Gasteiger charge is 2.35. The van der Waals surface area contributed by atoms with E-state index >= 15 is 0 Å². The number of halogens is 1. The van der Waals surface area contributed by atoms with Crippen LogP contribution in [0.2, 0.25) is 5.02 Å². The number of hydrogen-bond donors (Lipinski definition) is 1. The summed E-state index contributed by atoms with van der Waals surface area (Å²) in [4.78, 5) is 14.8. The second-order valence-corrected chi connectivity index (χ2v) is 5.57. The Bertz CT molecular complexity index is 439. The molecular weight excluding hydrogens is 248 g/mol. The zero-order valence-electron chi connectivity index (χ0n) is 10.9. The van der Waals surface area contributed by atoms with E-state index in [0.29, 0.717) is 10.6 Å². The quantitative estimate of drug-likeness (QED) is 0.852. The zero-order valence-corrected chi connectivity index (χ0v) is 11.6. The summed E-state index contributed by atoms with van der Waals surface area (Å²) in [5.74, 6) is 0.131. The van der Waals surface area contributed by atoms with Crippen molar-refractivity contribution >= 4 is 17.4 Å². The van der Waals surface area contributed by atoms with Crippen molar-refractivity contribution in [3.8, 4) is 0 Å². The van der Waals surface area contributed by atoms with Crippen molar-refractivity contribution in [3.63, 3.8) is 0 Å². The number of nitrogens with zero attached hydrogens (tertiary/aromatic N) is 1. The molecule has 2 rings (SSSR count). The number of Topliss-reactive ketones (excluding diaryl/α,β-unsaturated/α-hetero) is 1. The van der Waals surface area contributed by atoms with Gasteiger partial charge in [-0.05, 0) is 26.0 Å². The number of rotatable bonds is 3. The summed E-state index contributed by atoms with van der Waals surface area (Å²) < 4.78 is 0. The van der Waals surface area contributed by atoms with Gasteiger partial charge in [0, 0.05) is 36.8 Å². The van der Waals surface area contributed by atoms with Gasteiger partial charge < -0.3 is 5.32 Å². The number of ketones is 1. The van der Waals surface area contributed by atoms with E-state index in [2.05, 4.69) is 10.2 Å². The summed E-state index contributed by atoms with van der Waals surface area (Å²) in [5, 5.41) is 3.91. The molecule has 0 unspecified atom stereocenters. The molecule has 0 aromatic heterocycles. The molecule has 0 radical (unpaired) electrons. The standard InChI is InChI=1S/C14H19ClN2O/c1-14(2,17-8-6-16-7-9-17)13(18)11-4-3-5-12(15)10-11/h3-5,10,16H,6-9H2,1-2H3. The minimum absolute atomic E-state index is 0.131. The molecule has 1 heterocycles. The molecule has 0 saturated carbocycles. The zero-order chi connectivity index (χ0) is 13.2. The molecule has 0 spiro atoms. The minimum atomic E-state index is -0.479. The lowest BCUT2D eigenvalue weighted by Crippen LogP contribution is -2.57. The first-order chi connectivity index (χ1) is 8.51. The highest BCUT2D eigenvalue weighted by Crippen LogP contribution is 2.22. The predicted molar refractivity (Wildman–Crippen MR) is 74.3 cm³/mol. The third-order valence-corrected chi connectivity index (χ3v) is 3.79. The predicted octanol–water partition coefficient (Wildman–Crippen LogP) is 2.21. The SMILES string of the molecule is CC(C)(C(=O)c1cccc(Cl)c1)N1CCNCC1. The van der Waals surface area contributed by atoms with Gasteiger partial charge in [0.05, 0.1) is 5.54 Å². The topological polar surface area (TPSA) is 32.3 Å². The fourth-order valence-electron chi connectivity index (χ4n) is 2.35. The second-order valence-electron chi connectivity index (χ2n) is 5.14. The summed E-state index contributed by atoms with van der Waals surface area (Å²) in [5.41, 5.74) is 0.207. The third-order valence-electron chi connectivity index (χ3n) is 3.55. The Morgan fingerprint density at radius 3 is 2.61 bits per heavy atom. The molecule has 98 valence electrons. The van der Waals surface area contributed by atoms with Crippen LogP contribution < -0.4 is 5.32 Å². The number of nitrogens with one attached hydrogen (secondary N) is 1. The summed E-state index contributed by atoms with van der Waals surface area (Å²) in [7, 11) is 0. The van der Waals surface area contributed by atoms with Gasteiger partial charge in [0.15, 0.2) is 5.78 Å². The largest absolute Gasteiger partial charge is 0.314 e. The van der Waals surface area contributed by atoms with Crippen molar-refractivity contribution in [2.45, 2.75) is 19.4 Å². The lowest BCUT2D eigenvalue weighted by atomic mass is 9.90. The van der Waals surface area contributed by atoms with Crippen molar-refractivity contribution < 1.29 is 4.79 Å². The van der Waals surface area contributed by atoms with Crippen molar-refractivity contribution in [3.05, 3.63) is 34.9 Å². The van der Waals surface area contributed by atoms with E-state index < -0.39 is 5.54 Å². The van der Waals surface area contributed by atoms with Crippen molar-refractivity contribution in [2.24, 2.45) is 0 Å². The van der Waals surface area contributed by atoms with Crippen LogP contribution in [0.5, 0.6) is 0 Å². The Morgan fingerprint density at radius 1 is 1.33 bits per heavy atom. The van der Waals surface area contributed by atoms with Gasteiger partial charge in [0.2, 0.25) is 0 Å². The maximum Gasteiger partial charge on any atom is 0.182 e. The molecule has 1 aliphatic rings. The number of carbonyl (C=O) groups excluding carboxylic acids is 1. The number of benzene rings is 1. The van der Waals surface area contributed by atoms with Crippen LogP contribution in [-0.2, 0) is 0 Å². The summed E-state index contributed by atoms with van der Waals surface area (Å²) >= 11 is 5.95. The Labute approximate surface area is 113 Å². The summed E-state index contributed by atoms with van der Waals surface area (Å²) in [6.45, 7) is 7.65. The van der Waals surface area contributed by atoms with Crippen LogP contribution in [0.1, 0.15) is 24.2 Å². The molecule has 1 aromatic carbocycles. The normalized spacial score (nSPS) is 17.7. The Morgan fingerprint density at radius 2 is 2.00 bits per heavy atom. The maximum atomic E-state index is 12.6. The van der Waals surface area contributed by atoms with E-state index in [0.717, 1.165) is 26.2 Å². The Hall–Kier alpha value is -0.900. The lowest BCUT2D eigenvalue weighted by Gasteiger charge is -2.40. The van der Waals surface area contributed by atoms with Crippen LogP contribution in [0.3, 0.4) is 0 Å². The number of carbonyl (C=O) groups is 1. The first-order valence-electron chi connectivity index (χ1n) is 6.28. The highest BCUT2D eigenvalue weighted by atomic mass is 35.5. The van der Waals surface area contributed by atoms with E-state index in [-0.39, 0.29) is 5.78 Å². The van der Waals surface area contributed by atoms with Gasteiger partial charge in [0.1, 0.15) is 0 Å². The molecule has 0 amide bonds. The van der Waals surface area contributed by atoms with Crippen LogP contribution in [-0.4, -0.2) is 42.4 Å². The van der Waals surface area contributed by atoms with Crippen LogP contribution in [0, 0.1) is 0 Å². The van der Waals surface area contributed by atoms with E-state index in [1.165, 1.54) is 0 Å². The second kappa shape index (κ2) is 5.39. The maximum absolute atomic E-state index is 12.6. The molecule has 18 heavy (non-hydrogen) atoms. The monoisotopic (exact) mass is 266 g/mol. The van der Waals surface area contributed by atoms with Gasteiger partial charge in [-0.15, -0.1) is 0 Å². The van der Waals surface area contributed by atoms with Crippen LogP contribution >= 0.6 is 11.6 Å². The smallest absolute Gasteiger partial charge is 0.182 e. The molecule has 3 nitrogen and oxygen atoms in total. The molecule has 0 bridgehead atoms. The average Bonchev–Trinajstić information content (AvgIpc) is 2.39. The summed E-state index contributed by atoms with van der Waals surface area (Å²) in [6, 6.07) is 7.19. The van der Waals surface area contributed by atoms with Gasteiger partial charge in [0.25, 0.3) is 0 Å². The molecule has 1 aromatic rings. The van der Waals surface area contributed by atoms with E-state index in [4.69, 9.17) is 11.6 Å². The average molecular weight is 267 g/mol. The summed E-state index contributed by atoms with van der Waals surface area (Å²) in [6.07, 6.45) is 0. The number of hydrogen-bond acceptors (Lipinski definition) is 3. The molecule has 1 aliphatic heterocycles. The molecule has 4 heteroatoms. The third kappa shape index (κ3) is 2.74. The fourth-order valence-corrected chi connectivity index (χ4v) is 2.54. The number of piperazine rings is 1. The van der Waals surface area contributed by atoms with E-state index in [1.54, 1.807) is 12.1 Å². The van der Waals surface area contributed by atoms with Gasteiger partial charge >= 0.3 is 0 Å². The van der Waals surface area contributed by atoms with Crippen LogP contribution in [0.4, 0.5) is 0 Å². The lowest BCUT2D eigenvalue weighted by molar-refractivity contribution is 0.0602. The Balaban J connectivity index is 2.20. The molecule has 0 aliphatic carbocycles. The van der Waals surface area contributed by atoms with Gasteiger partial charge in [-0.3, -0.25) is 9.69 Å². The van der Waals surface area contributed by atoms with Gasteiger partial charge in [-0.25, -0.2) is 0 Å². The first kappa shape index (κ1) is 13.5. The minimum Gasteiger partial charge on any atom is -0.314 e. The molecule has 1 fully saturated rings. The Kier molecular flexibility index (Phi) is 4.05. The van der Waals surface area contributed by atoms with Gasteiger partial charge in [-0.2, -0.15) is 0 Å². The molecule has 1 saturated heterocycles. The fraction of sp³-hybridized carbons (Fsp3) is 0.500.